The third-order valence-electron chi connectivity index (χ3n) is 17.5. The van der Waals surface area contributed by atoms with Crippen molar-refractivity contribution in [3.8, 4) is 5.75 Å². The van der Waals surface area contributed by atoms with E-state index in [9.17, 15) is 48.6 Å². The fourth-order valence-electron chi connectivity index (χ4n) is 12.1. The Morgan fingerprint density at radius 2 is 0.878 bits per heavy atom. The molecule has 1 saturated heterocycles. The first kappa shape index (κ1) is 79.9. The third kappa shape index (κ3) is 25.9. The van der Waals surface area contributed by atoms with Crippen molar-refractivity contribution in [3.63, 3.8) is 0 Å². The van der Waals surface area contributed by atoms with Crippen molar-refractivity contribution >= 4 is 59.1 Å². The number of carboxylic acid groups (broad SMARTS) is 1. The van der Waals surface area contributed by atoms with Crippen LogP contribution in [0.15, 0.2) is 103 Å². The highest BCUT2D eigenvalue weighted by atomic mass is 16.4. The summed E-state index contributed by atoms with van der Waals surface area (Å²) in [7, 11) is 0. The summed E-state index contributed by atoms with van der Waals surface area (Å²) >= 11 is 0. The van der Waals surface area contributed by atoms with E-state index in [1.807, 2.05) is 13.8 Å². The van der Waals surface area contributed by atoms with Gasteiger partial charge in [-0.15, -0.1) is 0 Å². The molecule has 0 bridgehead atoms. The zero-order valence-electron chi connectivity index (χ0n) is 58.0. The minimum absolute atomic E-state index is 0.0174. The number of phenolic OH excluding ortho intramolecular Hbond substituents is 1. The Bertz CT molecular complexity index is 3240. The molecule has 0 radical (unpaired) electrons. The van der Waals surface area contributed by atoms with Crippen molar-refractivity contribution in [2.24, 2.45) is 34.3 Å². The number of amides is 9. The van der Waals surface area contributed by atoms with E-state index in [0.717, 1.165) is 16.7 Å². The van der Waals surface area contributed by atoms with Gasteiger partial charge in [0, 0.05) is 25.8 Å². The van der Waals surface area contributed by atoms with Gasteiger partial charge >= 0.3 is 5.97 Å². The zero-order valence-corrected chi connectivity index (χ0v) is 58.0. The molecule has 98 heavy (non-hydrogen) atoms. The van der Waals surface area contributed by atoms with E-state index in [1.165, 1.54) is 4.90 Å². The lowest BCUT2D eigenvalue weighted by Gasteiger charge is -2.33. The lowest BCUT2D eigenvalue weighted by molar-refractivity contribution is -0.144. The molecule has 25 heteroatoms. The van der Waals surface area contributed by atoms with E-state index in [1.54, 1.807) is 138 Å². The topological polar surface area (TPSA) is 415 Å². The number of carbonyl (C=O) groups is 10. The molecule has 1 aliphatic heterocycles. The number of unbranched alkanes of at least 4 members (excludes halogenated alkanes) is 3. The minimum atomic E-state index is -1.36. The molecule has 18 N–H and O–H groups in total. The zero-order chi connectivity index (χ0) is 72.1. The Balaban J connectivity index is 1.41. The number of aromatic hydroxyl groups is 1. The Labute approximate surface area is 576 Å². The number of hydrogen-bond acceptors (Lipinski definition) is 15. The molecule has 536 valence electrons. The summed E-state index contributed by atoms with van der Waals surface area (Å²) < 4.78 is 0. The standard InChI is InChI=1S/C73H107N13O12/c1-45(2)38-60(72(97)98)84-70(95)62(73(5,6)7)85-68(93)59(43-50-28-15-10-16-29-50)83-69(94)61-33-23-37-86(61)71(96)56(32-19-22-36-76)80-64(89)55(31-18-21-35-75)79-66(91)57(41-48-24-11-8-12-25-48)82-67(92)58(42-49-26-13-9-14-27-49)81-65(90)54(30-17-20-34-74)78-63(88)53(77)44-52-46(3)39-51(87)40-47(52)4/h8-16,24-29,39-40,45,53-62,87H,17-23,30-38,41-44,74-77H2,1-7H3,(H,78,88)(H,79,91)(H,80,89)(H,81,90)(H,82,92)(H,83,94)(H,84,95)(H,85,93)(H,97,98)/t53-,54+,55-,56-,57-,58-,59-,60-,61-,62+/m0/s1. The van der Waals surface area contributed by atoms with E-state index in [-0.39, 0.29) is 89.1 Å². The molecule has 1 fully saturated rings. The van der Waals surface area contributed by atoms with Crippen LogP contribution in [-0.2, 0) is 73.6 Å². The number of nitrogens with zero attached hydrogens (tertiary/aromatic N) is 1. The number of aryl methyl sites for hydroxylation is 2. The molecule has 10 atom stereocenters. The third-order valence-corrected chi connectivity index (χ3v) is 17.5. The van der Waals surface area contributed by atoms with Gasteiger partial charge in [-0.05, 0) is 174 Å². The van der Waals surface area contributed by atoms with Crippen LogP contribution >= 0.6 is 0 Å². The van der Waals surface area contributed by atoms with Gasteiger partial charge in [-0.1, -0.05) is 126 Å². The first-order valence-corrected chi connectivity index (χ1v) is 34.4. The van der Waals surface area contributed by atoms with Gasteiger partial charge < -0.3 is 80.6 Å². The highest BCUT2D eigenvalue weighted by molar-refractivity contribution is 5.99. The van der Waals surface area contributed by atoms with E-state index >= 15 is 9.59 Å². The molecule has 25 nitrogen and oxygen atoms in total. The normalized spacial score (nSPS) is 15.8. The lowest BCUT2D eigenvalue weighted by Crippen LogP contribution is -2.61. The van der Waals surface area contributed by atoms with Gasteiger partial charge in [0.25, 0.3) is 0 Å². The maximum Gasteiger partial charge on any atom is 0.326 e. The van der Waals surface area contributed by atoms with Gasteiger partial charge in [-0.25, -0.2) is 4.79 Å². The molecule has 0 spiro atoms. The van der Waals surface area contributed by atoms with Gasteiger partial charge in [0.15, 0.2) is 0 Å². The molecule has 4 aromatic rings. The molecule has 0 saturated carbocycles. The maximum atomic E-state index is 15.0. The van der Waals surface area contributed by atoms with Gasteiger partial charge in [0.2, 0.25) is 53.2 Å². The number of nitrogens with two attached hydrogens (primary N) is 4. The molecule has 5 rings (SSSR count). The second kappa shape index (κ2) is 40.2. The molecule has 0 aromatic heterocycles. The second-order valence-electron chi connectivity index (χ2n) is 27.2. The van der Waals surface area contributed by atoms with Crippen molar-refractivity contribution in [2.45, 2.75) is 212 Å². The summed E-state index contributed by atoms with van der Waals surface area (Å²) in [6.07, 6.45) is 3.67. The Morgan fingerprint density at radius 3 is 1.30 bits per heavy atom. The minimum Gasteiger partial charge on any atom is -0.508 e. The first-order chi connectivity index (χ1) is 46.6. The molecule has 1 aliphatic rings. The van der Waals surface area contributed by atoms with Crippen LogP contribution in [0, 0.1) is 25.2 Å². The summed E-state index contributed by atoms with van der Waals surface area (Å²) in [4.78, 5) is 145. The van der Waals surface area contributed by atoms with E-state index in [2.05, 4.69) is 42.5 Å². The van der Waals surface area contributed by atoms with E-state index < -0.39 is 125 Å². The number of rotatable bonds is 40. The highest BCUT2D eigenvalue weighted by Gasteiger charge is 2.42. The fourth-order valence-corrected chi connectivity index (χ4v) is 12.1. The molecule has 0 aliphatic carbocycles. The van der Waals surface area contributed by atoms with Crippen LogP contribution < -0.4 is 65.5 Å². The van der Waals surface area contributed by atoms with Crippen LogP contribution in [0.2, 0.25) is 0 Å². The van der Waals surface area contributed by atoms with Crippen LogP contribution in [0.3, 0.4) is 0 Å². The van der Waals surface area contributed by atoms with Crippen molar-refractivity contribution in [1.82, 2.24) is 47.4 Å². The lowest BCUT2D eigenvalue weighted by atomic mass is 9.85. The predicted molar refractivity (Wildman–Crippen MR) is 375 cm³/mol. The number of likely N-dealkylation sites (tertiary alicyclic amines) is 1. The number of phenols is 1. The number of carbonyl (C=O) groups excluding carboxylic acids is 9. The van der Waals surface area contributed by atoms with Crippen LogP contribution in [0.1, 0.15) is 145 Å². The monoisotopic (exact) mass is 1360 g/mol. The molecule has 4 aromatic carbocycles. The Kier molecular flexibility index (Phi) is 32.8. The smallest absolute Gasteiger partial charge is 0.326 e. The number of hydrogen-bond donors (Lipinski definition) is 14. The van der Waals surface area contributed by atoms with Crippen LogP contribution in [-0.4, -0.2) is 161 Å². The Morgan fingerprint density at radius 1 is 0.500 bits per heavy atom. The average Bonchev–Trinajstić information content (AvgIpc) is 1.69. The number of aliphatic carboxylic acids is 1. The molecule has 0 unspecified atom stereocenters. The summed E-state index contributed by atoms with van der Waals surface area (Å²) in [6.45, 7) is 13.4. The molecular formula is C73H107N13O12. The second-order valence-corrected chi connectivity index (χ2v) is 27.2. The molecular weight excluding hydrogens is 1250 g/mol. The van der Waals surface area contributed by atoms with Crippen molar-refractivity contribution in [2.75, 3.05) is 26.2 Å². The highest BCUT2D eigenvalue weighted by Crippen LogP contribution is 2.25. The number of carboxylic acids is 1. The van der Waals surface area contributed by atoms with Gasteiger partial charge in [-0.2, -0.15) is 0 Å². The number of benzene rings is 4. The van der Waals surface area contributed by atoms with Crippen molar-refractivity contribution in [1.29, 1.82) is 0 Å². The SMILES string of the molecule is Cc1cc(O)cc(C)c1C[C@H](N)C(=O)N[C@H](CCCCN)C(=O)N[C@@H](Cc1ccccc1)C(=O)N[C@@H](Cc1ccccc1)C(=O)N[C@@H](CCCCN)C(=O)N[C@@H](CCCCN)C(=O)N1CCC[C@H]1C(=O)N[C@@H](Cc1ccccc1)C(=O)N[C@H](C(=O)N[C@@H](CC(C)C)C(=O)O)C(C)(C)C. The first-order valence-electron chi connectivity index (χ1n) is 34.4. The van der Waals surface area contributed by atoms with Gasteiger partial charge in [0.1, 0.15) is 60.1 Å². The molecule has 1 heterocycles. The summed E-state index contributed by atoms with van der Waals surface area (Å²) in [6, 6.07) is 17.5. The summed E-state index contributed by atoms with van der Waals surface area (Å²) in [5, 5.41) is 42.7. The molecule has 9 amide bonds. The van der Waals surface area contributed by atoms with Crippen molar-refractivity contribution < 1.29 is 58.2 Å². The van der Waals surface area contributed by atoms with Crippen LogP contribution in [0.5, 0.6) is 5.75 Å². The predicted octanol–water partition coefficient (Wildman–Crippen LogP) is 3.04. The summed E-state index contributed by atoms with van der Waals surface area (Å²) in [5.41, 5.74) is 27.5. The van der Waals surface area contributed by atoms with Crippen LogP contribution in [0.25, 0.3) is 0 Å². The Hall–Kier alpha value is -8.78. The van der Waals surface area contributed by atoms with E-state index in [4.69, 9.17) is 22.9 Å². The van der Waals surface area contributed by atoms with Crippen LogP contribution in [0.4, 0.5) is 0 Å². The fraction of sp³-hybridized carbons (Fsp3) is 0.534. The van der Waals surface area contributed by atoms with E-state index in [0.29, 0.717) is 68.2 Å². The van der Waals surface area contributed by atoms with Crippen molar-refractivity contribution in [3.05, 3.63) is 137 Å². The quantitative estimate of drug-likeness (QED) is 0.0285. The average molecular weight is 1360 g/mol. The largest absolute Gasteiger partial charge is 0.508 e. The number of nitrogens with one attached hydrogen (secondary N) is 8. The van der Waals surface area contributed by atoms with Gasteiger partial charge in [-0.3, -0.25) is 43.2 Å². The van der Waals surface area contributed by atoms with Gasteiger partial charge in [0.05, 0.1) is 6.04 Å². The summed E-state index contributed by atoms with van der Waals surface area (Å²) in [5.74, 6) is -7.47. The maximum absolute atomic E-state index is 15.0.